The van der Waals surface area contributed by atoms with Gasteiger partial charge in [0.15, 0.2) is 0 Å². The summed E-state index contributed by atoms with van der Waals surface area (Å²) in [7, 11) is 0. The van der Waals surface area contributed by atoms with Crippen LogP contribution in [0.15, 0.2) is 0 Å². The van der Waals surface area contributed by atoms with Gasteiger partial charge in [-0.2, -0.15) is 0 Å². The van der Waals surface area contributed by atoms with Crippen molar-refractivity contribution in [2.75, 3.05) is 132 Å². The SMILES string of the molecule is CCC1CC(=O)N(CCC(=O)NCCOCCOCCOCCOCCOCCOCCOCCOCCC(=O)N2CCC(C)CC2)C1=O. The van der Waals surface area contributed by atoms with Gasteiger partial charge in [-0.1, -0.05) is 13.8 Å². The molecule has 49 heavy (non-hydrogen) atoms. The van der Waals surface area contributed by atoms with Crippen molar-refractivity contribution < 1.29 is 57.1 Å². The van der Waals surface area contributed by atoms with Gasteiger partial charge in [-0.15, -0.1) is 0 Å². The van der Waals surface area contributed by atoms with Gasteiger partial charge >= 0.3 is 0 Å². The van der Waals surface area contributed by atoms with Crippen LogP contribution in [-0.2, 0) is 57.1 Å². The van der Waals surface area contributed by atoms with Crippen LogP contribution >= 0.6 is 0 Å². The maximum absolute atomic E-state index is 12.2. The Labute approximate surface area is 291 Å². The van der Waals surface area contributed by atoms with Crippen LogP contribution in [0.1, 0.15) is 52.4 Å². The third-order valence-electron chi connectivity index (χ3n) is 8.16. The Kier molecular flexibility index (Phi) is 24.9. The number of likely N-dealkylation sites (tertiary alicyclic amines) is 2. The Bertz CT molecular complexity index is 904. The summed E-state index contributed by atoms with van der Waals surface area (Å²) in [6, 6.07) is 0. The topological polar surface area (TPSA) is 161 Å². The van der Waals surface area contributed by atoms with Crippen molar-refractivity contribution in [3.05, 3.63) is 0 Å². The number of hydrogen-bond acceptors (Lipinski definition) is 12. The second-order valence-corrected chi connectivity index (χ2v) is 12.0. The van der Waals surface area contributed by atoms with Crippen LogP contribution in [0.25, 0.3) is 0 Å². The lowest BCUT2D eigenvalue weighted by atomic mass is 9.99. The summed E-state index contributed by atoms with van der Waals surface area (Å²) in [5.41, 5.74) is 0. The maximum Gasteiger partial charge on any atom is 0.232 e. The van der Waals surface area contributed by atoms with Gasteiger partial charge in [0, 0.05) is 44.9 Å². The van der Waals surface area contributed by atoms with Crippen LogP contribution in [0.4, 0.5) is 0 Å². The standard InChI is InChI=1S/C34H61N3O12/c1-3-30-28-33(40)37(34(30)41)11-6-31(38)35-8-13-43-15-17-45-19-21-47-23-25-49-27-26-48-24-22-46-20-18-44-16-14-42-12-7-32(39)36-9-4-29(2)5-10-36/h29-30H,3-28H2,1-2H3,(H,35,38). The molecule has 2 heterocycles. The molecule has 0 aliphatic carbocycles. The van der Waals surface area contributed by atoms with E-state index in [1.165, 1.54) is 4.90 Å². The number of carbonyl (C=O) groups is 4. The fraction of sp³-hybridized carbons (Fsp3) is 0.882. The van der Waals surface area contributed by atoms with E-state index in [0.29, 0.717) is 131 Å². The quantitative estimate of drug-likeness (QED) is 0.0809. The summed E-state index contributed by atoms with van der Waals surface area (Å²) in [6.45, 7) is 13.5. The zero-order valence-electron chi connectivity index (χ0n) is 29.8. The number of rotatable bonds is 31. The zero-order chi connectivity index (χ0) is 35.4. The molecule has 2 fully saturated rings. The van der Waals surface area contributed by atoms with Gasteiger partial charge in [0.2, 0.25) is 23.6 Å². The fourth-order valence-corrected chi connectivity index (χ4v) is 5.09. The predicted octanol–water partition coefficient (Wildman–Crippen LogP) is 1.06. The highest BCUT2D eigenvalue weighted by molar-refractivity contribution is 6.03. The number of nitrogens with zero attached hydrogens (tertiary/aromatic N) is 2. The van der Waals surface area contributed by atoms with E-state index >= 15 is 0 Å². The van der Waals surface area contributed by atoms with Gasteiger partial charge in [0.25, 0.3) is 0 Å². The van der Waals surface area contributed by atoms with E-state index in [2.05, 4.69) is 12.2 Å². The molecule has 1 N–H and O–H groups in total. The Morgan fingerprint density at radius 1 is 0.653 bits per heavy atom. The van der Waals surface area contributed by atoms with Crippen molar-refractivity contribution in [1.29, 1.82) is 0 Å². The van der Waals surface area contributed by atoms with Gasteiger partial charge in [-0.05, 0) is 25.2 Å². The minimum Gasteiger partial charge on any atom is -0.379 e. The minimum atomic E-state index is -0.249. The lowest BCUT2D eigenvalue weighted by molar-refractivity contribution is -0.140. The smallest absolute Gasteiger partial charge is 0.232 e. The number of nitrogens with one attached hydrogen (secondary N) is 1. The molecule has 0 saturated carbocycles. The monoisotopic (exact) mass is 703 g/mol. The molecule has 0 spiro atoms. The number of hydrogen-bond donors (Lipinski definition) is 1. The highest BCUT2D eigenvalue weighted by Gasteiger charge is 2.37. The van der Waals surface area contributed by atoms with Gasteiger partial charge in [0.05, 0.1) is 112 Å². The molecule has 4 amide bonds. The van der Waals surface area contributed by atoms with E-state index in [4.69, 9.17) is 37.9 Å². The number of amides is 4. The minimum absolute atomic E-state index is 0.0895. The predicted molar refractivity (Wildman–Crippen MR) is 179 cm³/mol. The van der Waals surface area contributed by atoms with Crippen LogP contribution in [0, 0.1) is 11.8 Å². The Balaban J connectivity index is 1.19. The molecule has 0 radical (unpaired) electrons. The summed E-state index contributed by atoms with van der Waals surface area (Å²) in [5.74, 6) is 0.0449. The largest absolute Gasteiger partial charge is 0.379 e. The van der Waals surface area contributed by atoms with Crippen molar-refractivity contribution >= 4 is 23.6 Å². The Morgan fingerprint density at radius 3 is 1.51 bits per heavy atom. The molecule has 2 aliphatic rings. The van der Waals surface area contributed by atoms with E-state index in [9.17, 15) is 19.2 Å². The summed E-state index contributed by atoms with van der Waals surface area (Å²) in [4.78, 5) is 51.2. The van der Waals surface area contributed by atoms with Crippen molar-refractivity contribution in [2.24, 2.45) is 11.8 Å². The summed E-state index contributed by atoms with van der Waals surface area (Å²) >= 11 is 0. The van der Waals surface area contributed by atoms with Gasteiger partial charge in [-0.3, -0.25) is 24.1 Å². The Morgan fingerprint density at radius 2 is 1.08 bits per heavy atom. The molecule has 2 rings (SSSR count). The van der Waals surface area contributed by atoms with E-state index < -0.39 is 0 Å². The maximum atomic E-state index is 12.2. The molecule has 15 nitrogen and oxygen atoms in total. The highest BCUT2D eigenvalue weighted by atomic mass is 16.6. The lowest BCUT2D eigenvalue weighted by Crippen LogP contribution is -2.38. The molecule has 15 heteroatoms. The zero-order valence-corrected chi connectivity index (χ0v) is 29.8. The van der Waals surface area contributed by atoms with Crippen molar-refractivity contribution in [1.82, 2.24) is 15.1 Å². The molecule has 2 saturated heterocycles. The molecular formula is C34H61N3O12. The number of ether oxygens (including phenoxy) is 8. The third kappa shape index (κ3) is 20.9. The average molecular weight is 704 g/mol. The number of piperidine rings is 1. The summed E-state index contributed by atoms with van der Waals surface area (Å²) in [5, 5.41) is 2.72. The lowest BCUT2D eigenvalue weighted by Gasteiger charge is -2.30. The average Bonchev–Trinajstić information content (AvgIpc) is 3.38. The molecule has 0 bridgehead atoms. The molecule has 0 aromatic carbocycles. The molecule has 1 atom stereocenters. The molecule has 2 aliphatic heterocycles. The van der Waals surface area contributed by atoms with E-state index in [-0.39, 0.29) is 48.9 Å². The fourth-order valence-electron chi connectivity index (χ4n) is 5.09. The van der Waals surface area contributed by atoms with Crippen molar-refractivity contribution in [3.63, 3.8) is 0 Å². The highest BCUT2D eigenvalue weighted by Crippen LogP contribution is 2.22. The van der Waals surface area contributed by atoms with Gasteiger partial charge < -0.3 is 48.1 Å². The molecule has 0 aromatic rings. The van der Waals surface area contributed by atoms with Gasteiger partial charge in [0.1, 0.15) is 0 Å². The van der Waals surface area contributed by atoms with Crippen molar-refractivity contribution in [2.45, 2.75) is 52.4 Å². The third-order valence-corrected chi connectivity index (χ3v) is 8.16. The molecule has 1 unspecified atom stereocenters. The van der Waals surface area contributed by atoms with E-state index in [1.54, 1.807) is 0 Å². The van der Waals surface area contributed by atoms with Gasteiger partial charge in [-0.25, -0.2) is 0 Å². The summed E-state index contributed by atoms with van der Waals surface area (Å²) in [6.07, 6.45) is 3.57. The second kappa shape index (κ2) is 28.5. The van der Waals surface area contributed by atoms with Crippen LogP contribution in [0.3, 0.4) is 0 Å². The molecule has 284 valence electrons. The van der Waals surface area contributed by atoms with Crippen LogP contribution in [-0.4, -0.2) is 165 Å². The normalized spacial score (nSPS) is 17.0. The van der Waals surface area contributed by atoms with E-state index in [0.717, 1.165) is 25.9 Å². The first-order valence-electron chi connectivity index (χ1n) is 17.9. The first-order valence-corrected chi connectivity index (χ1v) is 17.9. The second-order valence-electron chi connectivity index (χ2n) is 12.0. The molecular weight excluding hydrogens is 642 g/mol. The van der Waals surface area contributed by atoms with Crippen molar-refractivity contribution in [3.8, 4) is 0 Å². The first kappa shape index (κ1) is 42.9. The van der Waals surface area contributed by atoms with E-state index in [1.807, 2.05) is 11.8 Å². The molecule has 0 aromatic heterocycles. The van der Waals surface area contributed by atoms with Crippen LogP contribution in [0.5, 0.6) is 0 Å². The number of imide groups is 1. The van der Waals surface area contributed by atoms with Crippen LogP contribution < -0.4 is 5.32 Å². The Hall–Kier alpha value is -2.24. The van der Waals surface area contributed by atoms with Crippen LogP contribution in [0.2, 0.25) is 0 Å². The summed E-state index contributed by atoms with van der Waals surface area (Å²) < 4.78 is 43.8. The number of carbonyl (C=O) groups excluding carboxylic acids is 4. The first-order chi connectivity index (χ1) is 23.9.